The third-order valence-corrected chi connectivity index (χ3v) is 9.48. The number of benzene rings is 2. The van der Waals surface area contributed by atoms with Gasteiger partial charge in [-0.25, -0.2) is 14.0 Å². The minimum Gasteiger partial charge on any atom is -0.477 e. The molecule has 2 heterocycles. The Morgan fingerprint density at radius 3 is 1.63 bits per heavy atom. The number of carbonyl (C=O) groups is 2. The second kappa shape index (κ2) is 16.9. The fourth-order valence-corrected chi connectivity index (χ4v) is 6.18. The molecular weight excluding hydrogens is 699 g/mol. The molecular formula is C36H44ClFN6O8. The van der Waals surface area contributed by atoms with E-state index in [2.05, 4.69) is 10.6 Å². The number of hydrogen-bond donors (Lipinski definition) is 6. The van der Waals surface area contributed by atoms with Crippen LogP contribution < -0.4 is 21.5 Å². The van der Waals surface area contributed by atoms with E-state index >= 15 is 0 Å². The Kier molecular flexibility index (Phi) is 12.5. The summed E-state index contributed by atoms with van der Waals surface area (Å²) < 4.78 is 18.1. The van der Waals surface area contributed by atoms with E-state index in [9.17, 15) is 33.8 Å². The van der Waals surface area contributed by atoms with Crippen LogP contribution >= 0.6 is 11.6 Å². The van der Waals surface area contributed by atoms with E-state index in [1.165, 1.54) is 12.4 Å². The number of aliphatic hydroxyl groups excluding tert-OH is 2. The molecule has 4 aromatic rings. The summed E-state index contributed by atoms with van der Waals surface area (Å²) in [4.78, 5) is 51.6. The summed E-state index contributed by atoms with van der Waals surface area (Å²) in [5.74, 6) is -3.12. The van der Waals surface area contributed by atoms with Crippen molar-refractivity contribution in [3.8, 4) is 0 Å². The van der Waals surface area contributed by atoms with Gasteiger partial charge in [-0.15, -0.1) is 0 Å². The van der Waals surface area contributed by atoms with Gasteiger partial charge in [0, 0.05) is 74.5 Å². The van der Waals surface area contributed by atoms with Crippen LogP contribution in [0.1, 0.15) is 58.5 Å². The Labute approximate surface area is 303 Å². The lowest BCUT2D eigenvalue weighted by molar-refractivity contribution is 0.0684. The number of hydrogen-bond acceptors (Lipinski definition) is 10. The van der Waals surface area contributed by atoms with E-state index < -0.39 is 28.6 Å². The summed E-state index contributed by atoms with van der Waals surface area (Å²) in [6.07, 6.45) is 6.53. The highest BCUT2D eigenvalue weighted by atomic mass is 35.5. The van der Waals surface area contributed by atoms with Crippen LogP contribution in [0, 0.1) is 5.82 Å². The molecule has 6 N–H and O–H groups in total. The monoisotopic (exact) mass is 742 g/mol. The minimum atomic E-state index is -1.30. The molecule has 280 valence electrons. The van der Waals surface area contributed by atoms with Crippen LogP contribution in [0.3, 0.4) is 0 Å². The summed E-state index contributed by atoms with van der Waals surface area (Å²) in [5.41, 5.74) is 0.338. The highest BCUT2D eigenvalue weighted by Crippen LogP contribution is 2.39. The van der Waals surface area contributed by atoms with Crippen molar-refractivity contribution in [2.75, 3.05) is 77.2 Å². The number of nitrogens with one attached hydrogen (secondary N) is 2. The molecule has 0 atom stereocenters. The van der Waals surface area contributed by atoms with Crippen molar-refractivity contribution in [3.05, 3.63) is 79.1 Å². The van der Waals surface area contributed by atoms with Crippen LogP contribution in [0.15, 0.2) is 46.2 Å². The number of anilines is 2. The van der Waals surface area contributed by atoms with E-state index in [0.717, 1.165) is 31.7 Å². The predicted molar refractivity (Wildman–Crippen MR) is 198 cm³/mol. The number of carboxylic acid groups (broad SMARTS) is 2. The van der Waals surface area contributed by atoms with Crippen LogP contribution in [0.2, 0.25) is 5.02 Å². The number of nitrogens with zero attached hydrogens (tertiary/aromatic N) is 4. The molecule has 6 rings (SSSR count). The number of rotatable bonds is 16. The average molecular weight is 743 g/mol. The molecule has 2 aromatic heterocycles. The fourth-order valence-electron chi connectivity index (χ4n) is 5.95. The van der Waals surface area contributed by atoms with E-state index in [1.807, 2.05) is 28.5 Å². The first kappa shape index (κ1) is 38.7. The summed E-state index contributed by atoms with van der Waals surface area (Å²) >= 11 is 6.38. The van der Waals surface area contributed by atoms with E-state index in [-0.39, 0.29) is 47.5 Å². The highest BCUT2D eigenvalue weighted by molar-refractivity contribution is 6.34. The number of aromatic nitrogens is 2. The maximum absolute atomic E-state index is 14.4. The third kappa shape index (κ3) is 9.08. The van der Waals surface area contributed by atoms with Crippen LogP contribution in [-0.2, 0) is 0 Å². The van der Waals surface area contributed by atoms with E-state index in [0.29, 0.717) is 66.4 Å². The number of aromatic carboxylic acids is 2. The van der Waals surface area contributed by atoms with Crippen molar-refractivity contribution >= 4 is 56.7 Å². The second-order valence-electron chi connectivity index (χ2n) is 13.2. The van der Waals surface area contributed by atoms with Crippen molar-refractivity contribution in [3.63, 3.8) is 0 Å². The molecule has 2 aliphatic rings. The molecule has 0 spiro atoms. The molecule has 52 heavy (non-hydrogen) atoms. The molecule has 2 saturated carbocycles. The largest absolute Gasteiger partial charge is 0.477 e. The van der Waals surface area contributed by atoms with Gasteiger partial charge >= 0.3 is 11.9 Å². The zero-order chi connectivity index (χ0) is 37.7. The molecule has 2 aliphatic carbocycles. The van der Waals surface area contributed by atoms with Gasteiger partial charge in [0.15, 0.2) is 0 Å². The number of carboxylic acids is 2. The smallest absolute Gasteiger partial charge is 0.341 e. The van der Waals surface area contributed by atoms with Crippen molar-refractivity contribution in [1.82, 2.24) is 18.9 Å². The Bertz CT molecular complexity index is 2080. The molecule has 0 radical (unpaired) electrons. The van der Waals surface area contributed by atoms with Gasteiger partial charge < -0.3 is 50.0 Å². The van der Waals surface area contributed by atoms with Crippen LogP contribution in [0.4, 0.5) is 15.8 Å². The van der Waals surface area contributed by atoms with Gasteiger partial charge in [0.25, 0.3) is 0 Å². The van der Waals surface area contributed by atoms with Crippen molar-refractivity contribution in [2.24, 2.45) is 0 Å². The Morgan fingerprint density at radius 2 is 1.19 bits per heavy atom. The maximum atomic E-state index is 14.4. The molecule has 0 amide bonds. The zero-order valence-electron chi connectivity index (χ0n) is 29.1. The zero-order valence-corrected chi connectivity index (χ0v) is 29.8. The standard InChI is InChI=1S/C18H22ClN3O4.C18H22FN3O4/c1-21(6-7-23)5-4-20-15-8-12-16(9-14(15)19)22(11-2-3-11)10-13(17(12)24)18(25)26;1-21(6-7-23)5-4-20-15-9-16-12(8-14(15)19)17(24)13(18(25)26)10-22(16)11-2-3-11/h2*8-11,20,23H,2-7H2,1H3,(H,25,26). The van der Waals surface area contributed by atoms with Crippen molar-refractivity contribution in [2.45, 2.75) is 37.8 Å². The molecule has 16 heteroatoms. The number of aliphatic hydroxyl groups is 2. The lowest BCUT2D eigenvalue weighted by Crippen LogP contribution is -2.28. The van der Waals surface area contributed by atoms with Crippen LogP contribution in [-0.4, -0.2) is 118 Å². The Morgan fingerprint density at radius 1 is 0.750 bits per heavy atom. The quantitative estimate of drug-likeness (QED) is 0.0982. The van der Waals surface area contributed by atoms with Gasteiger partial charge in [-0.3, -0.25) is 9.59 Å². The fraction of sp³-hybridized carbons (Fsp3) is 0.444. The molecule has 0 unspecified atom stereocenters. The minimum absolute atomic E-state index is 0.0560. The molecule has 14 nitrogen and oxygen atoms in total. The molecule has 0 bridgehead atoms. The van der Waals surface area contributed by atoms with Gasteiger partial charge in [-0.05, 0) is 64.0 Å². The lowest BCUT2D eigenvalue weighted by Gasteiger charge is -2.17. The normalized spacial score (nSPS) is 14.2. The first-order chi connectivity index (χ1) is 24.8. The molecule has 0 aliphatic heterocycles. The first-order valence-electron chi connectivity index (χ1n) is 17.1. The SMILES string of the molecule is CN(CCO)CCNc1cc2c(=O)c(C(=O)O)cn(C3CC3)c2cc1Cl.CN(CCO)CCNc1cc2c(cc1F)c(=O)c(C(=O)O)cn2C1CC1. The highest BCUT2D eigenvalue weighted by Gasteiger charge is 2.28. The van der Waals surface area contributed by atoms with Gasteiger partial charge in [0.1, 0.15) is 16.9 Å². The van der Waals surface area contributed by atoms with E-state index in [1.54, 1.807) is 22.8 Å². The van der Waals surface area contributed by atoms with Gasteiger partial charge in [-0.1, -0.05) is 11.6 Å². The summed E-state index contributed by atoms with van der Waals surface area (Å²) in [7, 11) is 3.75. The van der Waals surface area contributed by atoms with Gasteiger partial charge in [0.05, 0.1) is 40.6 Å². The summed E-state index contributed by atoms with van der Waals surface area (Å²) in [6.45, 7) is 3.60. The Balaban J connectivity index is 0.000000201. The number of halogens is 2. The third-order valence-electron chi connectivity index (χ3n) is 9.16. The Hall–Kier alpha value is -4.54. The van der Waals surface area contributed by atoms with Crippen molar-refractivity contribution in [1.29, 1.82) is 0 Å². The second-order valence-corrected chi connectivity index (χ2v) is 13.6. The topological polar surface area (TPSA) is 190 Å². The first-order valence-corrected chi connectivity index (χ1v) is 17.5. The number of likely N-dealkylation sites (N-methyl/N-ethyl adjacent to an activating group) is 2. The maximum Gasteiger partial charge on any atom is 0.341 e. The molecule has 2 fully saturated rings. The molecule has 0 saturated heterocycles. The van der Waals surface area contributed by atoms with Crippen LogP contribution in [0.25, 0.3) is 21.8 Å². The van der Waals surface area contributed by atoms with E-state index in [4.69, 9.17) is 21.8 Å². The average Bonchev–Trinajstić information content (AvgIpc) is 4.02. The summed E-state index contributed by atoms with van der Waals surface area (Å²) in [6, 6.07) is 6.41. The van der Waals surface area contributed by atoms with Gasteiger partial charge in [-0.2, -0.15) is 0 Å². The predicted octanol–water partition coefficient (Wildman–Crippen LogP) is 3.53. The van der Waals surface area contributed by atoms with Crippen molar-refractivity contribution < 1.29 is 34.4 Å². The summed E-state index contributed by atoms with van der Waals surface area (Å²) in [5, 5.41) is 43.5. The number of fused-ring (bicyclic) bond motifs is 2. The lowest BCUT2D eigenvalue weighted by atomic mass is 10.1. The molecule has 2 aromatic carbocycles. The number of pyridine rings is 2. The van der Waals surface area contributed by atoms with Gasteiger partial charge in [0.2, 0.25) is 10.9 Å². The van der Waals surface area contributed by atoms with Crippen LogP contribution in [0.5, 0.6) is 0 Å².